The molecule has 1 N–H and O–H groups in total. The van der Waals surface area contributed by atoms with Gasteiger partial charge in [0, 0.05) is 81.1 Å². The molecule has 7 aliphatic rings. The first kappa shape index (κ1) is 58.1. The number of benzene rings is 3. The maximum absolute atomic E-state index is 17.6. The number of pyridine rings is 1. The number of amides is 4. The van der Waals surface area contributed by atoms with Gasteiger partial charge in [-0.05, 0) is 165 Å². The van der Waals surface area contributed by atoms with E-state index in [4.69, 9.17) is 35.3 Å². The van der Waals surface area contributed by atoms with Gasteiger partial charge in [-0.2, -0.15) is 9.97 Å². The van der Waals surface area contributed by atoms with Gasteiger partial charge in [0.05, 0.1) is 35.3 Å². The maximum Gasteiger partial charge on any atom is 0.410 e. The van der Waals surface area contributed by atoms with E-state index in [9.17, 15) is 19.2 Å². The minimum atomic E-state index is -0.781. The Morgan fingerprint density at radius 1 is 0.800 bits per heavy atom. The number of carbonyl (C=O) groups excluding carboxylic acids is 4. The summed E-state index contributed by atoms with van der Waals surface area (Å²) in [5.41, 5.74) is 0.527. The molecule has 5 aromatic rings. The number of rotatable bonds is 15. The molecule has 85 heavy (non-hydrogen) atoms. The van der Waals surface area contributed by atoms with Gasteiger partial charge in [-0.15, -0.1) is 6.42 Å². The van der Waals surface area contributed by atoms with Crippen LogP contribution in [0.15, 0.2) is 42.6 Å². The Kier molecular flexibility index (Phi) is 16.6. The molecule has 6 saturated heterocycles. The molecule has 0 aliphatic carbocycles. The first-order chi connectivity index (χ1) is 41.0. The summed E-state index contributed by atoms with van der Waals surface area (Å²) in [6, 6.07) is 8.41. The number of fused-ring (bicyclic) bond motifs is 5. The third-order valence-corrected chi connectivity index (χ3v) is 18.6. The molecule has 0 spiro atoms. The molecule has 9 heterocycles. The molecule has 2 aromatic heterocycles. The van der Waals surface area contributed by atoms with Gasteiger partial charge in [-0.1, -0.05) is 12.0 Å². The maximum atomic E-state index is 17.6. The van der Waals surface area contributed by atoms with E-state index >= 15 is 13.2 Å². The summed E-state index contributed by atoms with van der Waals surface area (Å²) in [7, 11) is 1.49. The third kappa shape index (κ3) is 12.0. The van der Waals surface area contributed by atoms with Crippen LogP contribution in [-0.2, 0) is 25.6 Å². The Bertz CT molecular complexity index is 3430. The first-order valence-corrected chi connectivity index (χ1v) is 30.3. The number of hydrogen-bond donors (Lipinski definition) is 1. The number of aromatic nitrogens is 3. The predicted molar refractivity (Wildman–Crippen MR) is 314 cm³/mol. The Balaban J connectivity index is 0.653. The number of anilines is 2. The van der Waals surface area contributed by atoms with Crippen LogP contribution in [0, 0.1) is 47.5 Å². The molecule has 7 aliphatic heterocycles. The number of carbonyl (C=O) groups is 4. The van der Waals surface area contributed by atoms with Crippen molar-refractivity contribution >= 4 is 57.0 Å². The second-order valence-electron chi connectivity index (χ2n) is 25.2. The van der Waals surface area contributed by atoms with E-state index in [-0.39, 0.29) is 91.1 Å². The van der Waals surface area contributed by atoms with Gasteiger partial charge in [0.2, 0.25) is 11.8 Å². The fourth-order valence-corrected chi connectivity index (χ4v) is 14.3. The highest BCUT2D eigenvalue weighted by Gasteiger charge is 2.46. The van der Waals surface area contributed by atoms with Crippen LogP contribution in [-0.4, -0.2) is 168 Å². The largest absolute Gasteiger partial charge is 0.468 e. The van der Waals surface area contributed by atoms with Crippen LogP contribution in [0.1, 0.15) is 113 Å². The minimum absolute atomic E-state index is 0.0114. The minimum Gasteiger partial charge on any atom is -0.468 e. The molecule has 18 nitrogen and oxygen atoms in total. The second kappa shape index (κ2) is 24.2. The molecule has 3 atom stereocenters. The van der Waals surface area contributed by atoms with Gasteiger partial charge in [0.15, 0.2) is 18.4 Å². The van der Waals surface area contributed by atoms with Crippen LogP contribution in [0.25, 0.3) is 32.9 Å². The Hall–Kier alpha value is -7.28. The highest BCUT2D eigenvalue weighted by molar-refractivity contribution is 6.06. The van der Waals surface area contributed by atoms with Gasteiger partial charge in [-0.3, -0.25) is 34.5 Å². The summed E-state index contributed by atoms with van der Waals surface area (Å²) in [6.45, 7) is 13.9. The Labute approximate surface area is 493 Å². The number of hydrogen-bond acceptors (Lipinski definition) is 15. The number of ether oxygens (including phenoxy) is 4. The number of piperazine rings is 1. The molecular formula is C64H75F3N10O8. The van der Waals surface area contributed by atoms with Crippen LogP contribution >= 0.6 is 0 Å². The number of methoxy groups -OCH3 is 1. The lowest BCUT2D eigenvalue weighted by molar-refractivity contribution is -0.136. The van der Waals surface area contributed by atoms with Crippen LogP contribution in [0.5, 0.6) is 11.8 Å². The summed E-state index contributed by atoms with van der Waals surface area (Å²) in [4.78, 5) is 77.8. The molecule has 450 valence electrons. The number of piperidine rings is 4. The topological polar surface area (TPSA) is 175 Å². The summed E-state index contributed by atoms with van der Waals surface area (Å²) in [5.74, 6) is 2.10. The molecule has 2 bridgehead atoms. The van der Waals surface area contributed by atoms with E-state index in [0.29, 0.717) is 81.9 Å². The number of likely N-dealkylation sites (tertiary alicyclic amines) is 2. The lowest BCUT2D eigenvalue weighted by Crippen LogP contribution is -2.57. The van der Waals surface area contributed by atoms with Crippen molar-refractivity contribution in [2.24, 2.45) is 17.8 Å². The zero-order valence-corrected chi connectivity index (χ0v) is 49.0. The fraction of sp³-hybridized carbons (Fsp3) is 0.547. The predicted octanol–water partition coefficient (Wildman–Crippen LogP) is 8.68. The first-order valence-electron chi connectivity index (χ1n) is 30.3. The van der Waals surface area contributed by atoms with E-state index < -0.39 is 35.0 Å². The van der Waals surface area contributed by atoms with E-state index in [1.54, 1.807) is 30.3 Å². The van der Waals surface area contributed by atoms with E-state index in [1.807, 2.05) is 25.7 Å². The van der Waals surface area contributed by atoms with E-state index in [1.165, 1.54) is 43.5 Å². The molecule has 0 radical (unpaired) electrons. The Morgan fingerprint density at radius 3 is 2.19 bits per heavy atom. The van der Waals surface area contributed by atoms with Crippen LogP contribution in [0.3, 0.4) is 0 Å². The zero-order chi connectivity index (χ0) is 59.3. The summed E-state index contributed by atoms with van der Waals surface area (Å²) < 4.78 is 72.2. The van der Waals surface area contributed by atoms with Crippen molar-refractivity contribution in [1.82, 2.24) is 39.9 Å². The van der Waals surface area contributed by atoms with Crippen LogP contribution in [0.2, 0.25) is 0 Å². The van der Waals surface area contributed by atoms with Crippen molar-refractivity contribution in [2.45, 2.75) is 122 Å². The summed E-state index contributed by atoms with van der Waals surface area (Å²) in [6.07, 6.45) is 16.7. The van der Waals surface area contributed by atoms with E-state index in [2.05, 4.69) is 35.8 Å². The van der Waals surface area contributed by atoms with Gasteiger partial charge in [0.1, 0.15) is 46.8 Å². The van der Waals surface area contributed by atoms with Gasteiger partial charge in [-0.25, -0.2) is 18.0 Å². The summed E-state index contributed by atoms with van der Waals surface area (Å²) in [5, 5.41) is 3.50. The molecule has 3 aromatic carbocycles. The van der Waals surface area contributed by atoms with Gasteiger partial charge < -0.3 is 38.5 Å². The number of nitrogens with one attached hydrogen (secondary N) is 1. The molecule has 0 saturated carbocycles. The normalized spacial score (nSPS) is 22.1. The van der Waals surface area contributed by atoms with Crippen molar-refractivity contribution in [3.63, 3.8) is 0 Å². The quantitative estimate of drug-likeness (QED) is 0.0598. The molecule has 6 fully saturated rings. The monoisotopic (exact) mass is 1170 g/mol. The number of imide groups is 1. The molecular weight excluding hydrogens is 1090 g/mol. The fourth-order valence-electron chi connectivity index (χ4n) is 14.3. The molecule has 21 heteroatoms. The SMILES string of the molecule is C#Cc1c(F)ccc2cc(OCOC)cc(-c3ncc4c(N5CC6CCC(C5)N6C(=O)OC(C)(C)C)nc(OCCN5CCC(CC6CCN(CC7CCN(c8ccc9c(c8F)CN([C@@H]8CCC(=O)NC8=O)C9=O)CC7)CC6)CC5)nc4c3F)c12. The van der Waals surface area contributed by atoms with Crippen LogP contribution < -0.4 is 24.6 Å². The molecule has 2 unspecified atom stereocenters. The third-order valence-electron chi connectivity index (χ3n) is 18.6. The lowest BCUT2D eigenvalue weighted by atomic mass is 9.82. The summed E-state index contributed by atoms with van der Waals surface area (Å²) >= 11 is 0. The number of nitrogens with zero attached hydrogens (tertiary/aromatic N) is 9. The van der Waals surface area contributed by atoms with Crippen LogP contribution in [0.4, 0.5) is 29.5 Å². The average molecular weight is 1170 g/mol. The smallest absolute Gasteiger partial charge is 0.410 e. The highest BCUT2D eigenvalue weighted by Crippen LogP contribution is 2.42. The molecule has 4 amide bonds. The van der Waals surface area contributed by atoms with Crippen molar-refractivity contribution < 1.29 is 51.3 Å². The van der Waals surface area contributed by atoms with Gasteiger partial charge >= 0.3 is 12.1 Å². The zero-order valence-electron chi connectivity index (χ0n) is 49.0. The average Bonchev–Trinajstić information content (AvgIpc) is 2.08. The standard InChI is InChI=1S/C64H75F3N10O8/c1-6-45-50(65)11-7-41-30-44(84-37-82-5)31-47(54(41)45)57-56(67)58-48(32-68-57)59(75-34-42-8-9-43(35-75)77(42)63(81)85-64(2,3)4)71-62(70-58)83-28-27-72-21-15-38(16-22-72)29-39-17-23-73(24-18-39)33-40-19-25-74(26-20-40)51-12-10-46-49(55(51)66)36-76(61(46)80)52-13-14-53(78)69-60(52)79/h1,7,10-12,30-32,38-40,42-43,52H,8-9,13-29,33-37H2,2-5H3,(H,69,78,79)/t42?,43?,52-/m1/s1. The second-order valence-corrected chi connectivity index (χ2v) is 25.2. The number of halogens is 3. The van der Waals surface area contributed by atoms with Crippen molar-refractivity contribution in [2.75, 3.05) is 95.8 Å². The number of terminal acetylenes is 1. The van der Waals surface area contributed by atoms with Gasteiger partial charge in [0.25, 0.3) is 5.91 Å². The van der Waals surface area contributed by atoms with Crippen molar-refractivity contribution in [1.29, 1.82) is 0 Å². The Morgan fingerprint density at radius 2 is 1.51 bits per heavy atom. The van der Waals surface area contributed by atoms with Crippen molar-refractivity contribution in [3.05, 3.63) is 76.7 Å². The molecule has 12 rings (SSSR count). The van der Waals surface area contributed by atoms with Crippen molar-refractivity contribution in [3.8, 4) is 35.4 Å². The lowest BCUT2D eigenvalue weighted by Gasteiger charge is -2.42. The van der Waals surface area contributed by atoms with E-state index in [0.717, 1.165) is 84.3 Å². The highest BCUT2D eigenvalue weighted by atomic mass is 19.1.